The van der Waals surface area contributed by atoms with E-state index < -0.39 is 0 Å². The Bertz CT molecular complexity index is 810. The van der Waals surface area contributed by atoms with Crippen molar-refractivity contribution in [2.75, 3.05) is 31.1 Å². The molecule has 0 aliphatic carbocycles. The molecule has 2 heterocycles. The molecular formula is C20H28N6S. The second kappa shape index (κ2) is 9.97. The van der Waals surface area contributed by atoms with E-state index in [0.717, 1.165) is 49.2 Å². The zero-order chi connectivity index (χ0) is 18.9. The maximum Gasteiger partial charge on any atom is 0.193 e. The van der Waals surface area contributed by atoms with Crippen molar-refractivity contribution in [1.29, 1.82) is 0 Å². The van der Waals surface area contributed by atoms with Crippen molar-refractivity contribution in [3.05, 3.63) is 53.8 Å². The number of benzene rings is 1. The number of imidazole rings is 1. The summed E-state index contributed by atoms with van der Waals surface area (Å²) in [6, 6.07) is 10.6. The zero-order valence-electron chi connectivity index (χ0n) is 16.1. The van der Waals surface area contributed by atoms with E-state index in [9.17, 15) is 0 Å². The molecule has 0 atom stereocenters. The van der Waals surface area contributed by atoms with Crippen LogP contribution in [0.3, 0.4) is 0 Å². The molecule has 3 rings (SSSR count). The molecule has 0 unspecified atom stereocenters. The molecule has 0 spiro atoms. The van der Waals surface area contributed by atoms with E-state index in [1.807, 2.05) is 22.2 Å². The fraction of sp³-hybridized carbons (Fsp3) is 0.400. The van der Waals surface area contributed by atoms with Gasteiger partial charge in [-0.05, 0) is 32.4 Å². The molecule has 0 fully saturated rings. The molecule has 6 nitrogen and oxygen atoms in total. The normalized spacial score (nSPS) is 11.7. The second-order valence-electron chi connectivity index (χ2n) is 6.22. The molecule has 2 aromatic heterocycles. The SMILES string of the molecule is CCNC(=NCc1cn2ccsc2n1)NCCCN(CC)c1ccccc1. The molecule has 1 aromatic carbocycles. The van der Waals surface area contributed by atoms with Crippen LogP contribution in [0.15, 0.2) is 53.1 Å². The van der Waals surface area contributed by atoms with Gasteiger partial charge in [0.25, 0.3) is 0 Å². The average molecular weight is 385 g/mol. The number of aliphatic imine (C=N–C) groups is 1. The predicted molar refractivity (Wildman–Crippen MR) is 115 cm³/mol. The van der Waals surface area contributed by atoms with E-state index in [0.29, 0.717) is 6.54 Å². The largest absolute Gasteiger partial charge is 0.372 e. The standard InChI is InChI=1S/C20H28N6S/c1-3-21-19(23-15-17-16-26-13-14-27-20(26)24-17)22-11-8-12-25(4-2)18-9-6-5-7-10-18/h5-7,9-10,13-14,16H,3-4,8,11-12,15H2,1-2H3,(H2,21,22,23). The Hall–Kier alpha value is -2.54. The first kappa shape index (κ1) is 19.2. The minimum absolute atomic E-state index is 0.578. The highest BCUT2D eigenvalue weighted by Crippen LogP contribution is 2.13. The lowest BCUT2D eigenvalue weighted by molar-refractivity contribution is 0.709. The molecule has 0 amide bonds. The molecule has 2 N–H and O–H groups in total. The van der Waals surface area contributed by atoms with Crippen LogP contribution in [0.5, 0.6) is 0 Å². The van der Waals surface area contributed by atoms with Crippen LogP contribution in [-0.2, 0) is 6.54 Å². The lowest BCUT2D eigenvalue weighted by Gasteiger charge is -2.23. The van der Waals surface area contributed by atoms with Crippen molar-refractivity contribution < 1.29 is 0 Å². The number of anilines is 1. The van der Waals surface area contributed by atoms with E-state index in [1.165, 1.54) is 5.69 Å². The zero-order valence-corrected chi connectivity index (χ0v) is 16.9. The third kappa shape index (κ3) is 5.47. The van der Waals surface area contributed by atoms with Gasteiger partial charge in [-0.1, -0.05) is 18.2 Å². The summed E-state index contributed by atoms with van der Waals surface area (Å²) in [6.45, 7) is 8.61. The predicted octanol–water partition coefficient (Wildman–Crippen LogP) is 3.37. The summed E-state index contributed by atoms with van der Waals surface area (Å²) in [6.07, 6.45) is 5.11. The third-order valence-corrected chi connectivity index (χ3v) is 5.06. The van der Waals surface area contributed by atoms with Gasteiger partial charge in [-0.25, -0.2) is 9.98 Å². The van der Waals surface area contributed by atoms with E-state index >= 15 is 0 Å². The summed E-state index contributed by atoms with van der Waals surface area (Å²) < 4.78 is 2.04. The second-order valence-corrected chi connectivity index (χ2v) is 7.09. The molecule has 27 heavy (non-hydrogen) atoms. The summed E-state index contributed by atoms with van der Waals surface area (Å²) in [7, 11) is 0. The van der Waals surface area contributed by atoms with Crippen molar-refractivity contribution in [1.82, 2.24) is 20.0 Å². The van der Waals surface area contributed by atoms with Crippen LogP contribution in [0.1, 0.15) is 26.0 Å². The molecule has 0 aliphatic heterocycles. The van der Waals surface area contributed by atoms with Crippen LogP contribution < -0.4 is 15.5 Å². The highest BCUT2D eigenvalue weighted by atomic mass is 32.1. The number of nitrogens with zero attached hydrogens (tertiary/aromatic N) is 4. The number of rotatable bonds is 9. The van der Waals surface area contributed by atoms with Gasteiger partial charge < -0.3 is 15.5 Å². The van der Waals surface area contributed by atoms with Gasteiger partial charge in [0.1, 0.15) is 0 Å². The first-order valence-electron chi connectivity index (χ1n) is 9.53. The molecule has 0 saturated carbocycles. The number of fused-ring (bicyclic) bond motifs is 1. The molecule has 0 bridgehead atoms. The van der Waals surface area contributed by atoms with Crippen LogP contribution in [0.2, 0.25) is 0 Å². The fourth-order valence-corrected chi connectivity index (χ4v) is 3.66. The average Bonchev–Trinajstić information content (AvgIpc) is 3.28. The lowest BCUT2D eigenvalue weighted by atomic mass is 10.2. The van der Waals surface area contributed by atoms with Crippen molar-refractivity contribution in [2.45, 2.75) is 26.8 Å². The topological polar surface area (TPSA) is 57.0 Å². The van der Waals surface area contributed by atoms with Gasteiger partial charge in [0, 0.05) is 49.6 Å². The summed E-state index contributed by atoms with van der Waals surface area (Å²) in [5.74, 6) is 0.844. The molecule has 7 heteroatoms. The van der Waals surface area contributed by atoms with Crippen molar-refractivity contribution in [3.63, 3.8) is 0 Å². The number of para-hydroxylation sites is 1. The molecule has 3 aromatic rings. The Balaban J connectivity index is 1.48. The molecule has 0 saturated heterocycles. The van der Waals surface area contributed by atoms with Crippen molar-refractivity contribution >= 4 is 27.9 Å². The number of thiazole rings is 1. The van der Waals surface area contributed by atoms with Gasteiger partial charge in [-0.2, -0.15) is 0 Å². The molecule has 0 aliphatic rings. The summed E-state index contributed by atoms with van der Waals surface area (Å²) in [4.78, 5) is 12.6. The van der Waals surface area contributed by atoms with Crippen LogP contribution in [0.25, 0.3) is 4.96 Å². The number of aromatic nitrogens is 2. The quantitative estimate of drug-likeness (QED) is 0.337. The summed E-state index contributed by atoms with van der Waals surface area (Å²) >= 11 is 1.64. The Morgan fingerprint density at radius 1 is 1.22 bits per heavy atom. The number of nitrogens with one attached hydrogen (secondary N) is 2. The maximum atomic E-state index is 4.66. The van der Waals surface area contributed by atoms with Gasteiger partial charge in [0.05, 0.1) is 12.2 Å². The monoisotopic (exact) mass is 384 g/mol. The van der Waals surface area contributed by atoms with Gasteiger partial charge in [-0.3, -0.25) is 4.40 Å². The highest BCUT2D eigenvalue weighted by Gasteiger charge is 2.05. The lowest BCUT2D eigenvalue weighted by Crippen LogP contribution is -2.38. The minimum atomic E-state index is 0.578. The Morgan fingerprint density at radius 3 is 2.81 bits per heavy atom. The van der Waals surface area contributed by atoms with Crippen LogP contribution >= 0.6 is 11.3 Å². The molecule has 144 valence electrons. The van der Waals surface area contributed by atoms with Gasteiger partial charge >= 0.3 is 0 Å². The number of hydrogen-bond donors (Lipinski definition) is 2. The van der Waals surface area contributed by atoms with E-state index in [2.05, 4.69) is 69.7 Å². The van der Waals surface area contributed by atoms with Gasteiger partial charge in [-0.15, -0.1) is 11.3 Å². The van der Waals surface area contributed by atoms with Crippen LogP contribution in [0.4, 0.5) is 5.69 Å². The Morgan fingerprint density at radius 2 is 2.07 bits per heavy atom. The van der Waals surface area contributed by atoms with Crippen LogP contribution in [-0.4, -0.2) is 41.5 Å². The van der Waals surface area contributed by atoms with Crippen LogP contribution in [0, 0.1) is 0 Å². The Kier molecular flexibility index (Phi) is 7.10. The van der Waals surface area contributed by atoms with E-state index in [4.69, 9.17) is 0 Å². The van der Waals surface area contributed by atoms with Gasteiger partial charge in [0.15, 0.2) is 10.9 Å². The highest BCUT2D eigenvalue weighted by molar-refractivity contribution is 7.15. The first-order valence-corrected chi connectivity index (χ1v) is 10.4. The molecule has 0 radical (unpaired) electrons. The third-order valence-electron chi connectivity index (χ3n) is 4.29. The molecular weight excluding hydrogens is 356 g/mol. The number of guanidine groups is 1. The first-order chi connectivity index (χ1) is 13.3. The fourth-order valence-electron chi connectivity index (χ4n) is 2.94. The summed E-state index contributed by atoms with van der Waals surface area (Å²) in [5.41, 5.74) is 2.26. The van der Waals surface area contributed by atoms with Crippen molar-refractivity contribution in [2.24, 2.45) is 4.99 Å². The van der Waals surface area contributed by atoms with E-state index in [1.54, 1.807) is 11.3 Å². The maximum absolute atomic E-state index is 4.66. The van der Waals surface area contributed by atoms with Crippen molar-refractivity contribution in [3.8, 4) is 0 Å². The number of hydrogen-bond acceptors (Lipinski definition) is 4. The summed E-state index contributed by atoms with van der Waals surface area (Å²) in [5, 5.41) is 8.77. The van der Waals surface area contributed by atoms with Gasteiger partial charge in [0.2, 0.25) is 0 Å². The Labute approximate surface area is 165 Å². The van der Waals surface area contributed by atoms with E-state index in [-0.39, 0.29) is 0 Å². The minimum Gasteiger partial charge on any atom is -0.372 e. The smallest absolute Gasteiger partial charge is 0.193 e.